The summed E-state index contributed by atoms with van der Waals surface area (Å²) in [5, 5.41) is 3.68. The van der Waals surface area contributed by atoms with Gasteiger partial charge in [0.05, 0.1) is 11.7 Å². The summed E-state index contributed by atoms with van der Waals surface area (Å²) in [6.45, 7) is 7.47. The second-order valence-corrected chi connectivity index (χ2v) is 8.02. The van der Waals surface area contributed by atoms with Gasteiger partial charge in [-0.2, -0.15) is 0 Å². The molecule has 0 radical (unpaired) electrons. The molecule has 3 aliphatic rings. The molecule has 3 rings (SSSR count). The van der Waals surface area contributed by atoms with Crippen molar-refractivity contribution in [2.45, 2.75) is 89.4 Å². The Labute approximate surface area is 130 Å². The molecule has 21 heavy (non-hydrogen) atoms. The number of hydrogen-bond donors (Lipinski definition) is 1. The first-order valence-corrected chi connectivity index (χ1v) is 9.11. The largest absolute Gasteiger partial charge is 0.381 e. The molecule has 1 atom stereocenters. The van der Waals surface area contributed by atoms with Gasteiger partial charge >= 0.3 is 0 Å². The summed E-state index contributed by atoms with van der Waals surface area (Å²) in [5.74, 6) is 0. The van der Waals surface area contributed by atoms with Gasteiger partial charge in [0.25, 0.3) is 0 Å². The first kappa shape index (κ1) is 15.8. The Morgan fingerprint density at radius 3 is 2.43 bits per heavy atom. The molecule has 3 fully saturated rings. The maximum absolute atomic E-state index is 6.58. The number of ether oxygens (including phenoxy) is 2. The molecule has 122 valence electrons. The van der Waals surface area contributed by atoms with Crippen molar-refractivity contribution in [1.29, 1.82) is 0 Å². The summed E-state index contributed by atoms with van der Waals surface area (Å²) in [6, 6.07) is 0.565. The standard InChI is InChI=1S/C18H33NO2/c1-15(2)19-14-17(9-11-20-12-10-17)13-16-5-8-18(21-16)6-3-4-7-18/h15-16,19H,3-14H2,1-2H3. The van der Waals surface area contributed by atoms with Crippen molar-refractivity contribution in [1.82, 2.24) is 5.32 Å². The molecule has 1 N–H and O–H groups in total. The Balaban J connectivity index is 1.59. The molecular formula is C18H33NO2. The fraction of sp³-hybridized carbons (Fsp3) is 1.00. The highest BCUT2D eigenvalue weighted by atomic mass is 16.5. The van der Waals surface area contributed by atoms with E-state index in [1.54, 1.807) is 0 Å². The third-order valence-electron chi connectivity index (χ3n) is 5.95. The molecule has 1 spiro atoms. The third kappa shape index (κ3) is 3.80. The van der Waals surface area contributed by atoms with Crippen LogP contribution in [0.15, 0.2) is 0 Å². The molecule has 1 unspecified atom stereocenters. The van der Waals surface area contributed by atoms with Crippen molar-refractivity contribution in [3.05, 3.63) is 0 Å². The molecule has 0 aromatic heterocycles. The van der Waals surface area contributed by atoms with Crippen LogP contribution in [-0.2, 0) is 9.47 Å². The van der Waals surface area contributed by atoms with Crippen LogP contribution in [0.25, 0.3) is 0 Å². The highest BCUT2D eigenvalue weighted by Crippen LogP contribution is 2.47. The van der Waals surface area contributed by atoms with Crippen molar-refractivity contribution in [3.63, 3.8) is 0 Å². The minimum absolute atomic E-state index is 0.280. The van der Waals surface area contributed by atoms with E-state index in [9.17, 15) is 0 Å². The Morgan fingerprint density at radius 2 is 1.76 bits per heavy atom. The first-order chi connectivity index (χ1) is 10.1. The van der Waals surface area contributed by atoms with Gasteiger partial charge in [-0.15, -0.1) is 0 Å². The monoisotopic (exact) mass is 295 g/mol. The SMILES string of the molecule is CC(C)NCC1(CC2CCC3(CCCC3)O2)CCOCC1. The highest BCUT2D eigenvalue weighted by molar-refractivity contribution is 4.96. The van der Waals surface area contributed by atoms with Gasteiger partial charge in [0.2, 0.25) is 0 Å². The van der Waals surface area contributed by atoms with Crippen molar-refractivity contribution < 1.29 is 9.47 Å². The molecule has 1 saturated carbocycles. The predicted molar refractivity (Wildman–Crippen MR) is 85.5 cm³/mol. The van der Waals surface area contributed by atoms with Crippen molar-refractivity contribution >= 4 is 0 Å². The third-order valence-corrected chi connectivity index (χ3v) is 5.95. The zero-order chi connectivity index (χ0) is 14.8. The first-order valence-electron chi connectivity index (χ1n) is 9.11. The van der Waals surface area contributed by atoms with Crippen molar-refractivity contribution in [3.8, 4) is 0 Å². The van der Waals surface area contributed by atoms with E-state index in [-0.39, 0.29) is 5.60 Å². The van der Waals surface area contributed by atoms with Gasteiger partial charge < -0.3 is 14.8 Å². The van der Waals surface area contributed by atoms with Gasteiger partial charge in [-0.05, 0) is 50.4 Å². The van der Waals surface area contributed by atoms with Crippen molar-refractivity contribution in [2.75, 3.05) is 19.8 Å². The zero-order valence-corrected chi connectivity index (χ0v) is 14.0. The Hall–Kier alpha value is -0.120. The highest BCUT2D eigenvalue weighted by Gasteiger charge is 2.45. The number of nitrogens with one attached hydrogen (secondary N) is 1. The van der Waals surface area contributed by atoms with Crippen LogP contribution in [0, 0.1) is 5.41 Å². The van der Waals surface area contributed by atoms with Crippen LogP contribution in [0.4, 0.5) is 0 Å². The summed E-state index contributed by atoms with van der Waals surface area (Å²) in [6.07, 6.45) is 12.1. The van der Waals surface area contributed by atoms with Crippen LogP contribution in [0.5, 0.6) is 0 Å². The van der Waals surface area contributed by atoms with Gasteiger partial charge in [0.1, 0.15) is 0 Å². The lowest BCUT2D eigenvalue weighted by atomic mass is 9.75. The summed E-state index contributed by atoms with van der Waals surface area (Å²) in [5.41, 5.74) is 0.680. The minimum Gasteiger partial charge on any atom is -0.381 e. The molecule has 3 nitrogen and oxygen atoms in total. The van der Waals surface area contributed by atoms with Crippen LogP contribution in [0.3, 0.4) is 0 Å². The summed E-state index contributed by atoms with van der Waals surface area (Å²) in [7, 11) is 0. The molecule has 0 aromatic rings. The lowest BCUT2D eigenvalue weighted by Gasteiger charge is -2.40. The van der Waals surface area contributed by atoms with E-state index in [4.69, 9.17) is 9.47 Å². The van der Waals surface area contributed by atoms with E-state index in [0.29, 0.717) is 17.6 Å². The molecule has 0 bridgehead atoms. The second kappa shape index (κ2) is 6.55. The van der Waals surface area contributed by atoms with Crippen molar-refractivity contribution in [2.24, 2.45) is 5.41 Å². The zero-order valence-electron chi connectivity index (χ0n) is 14.0. The fourth-order valence-corrected chi connectivity index (χ4v) is 4.59. The molecule has 2 aliphatic heterocycles. The number of rotatable bonds is 5. The van der Waals surface area contributed by atoms with Crippen LogP contribution in [0.1, 0.15) is 71.6 Å². The lowest BCUT2D eigenvalue weighted by molar-refractivity contribution is -0.0706. The second-order valence-electron chi connectivity index (χ2n) is 8.02. The maximum Gasteiger partial charge on any atom is 0.0687 e. The quantitative estimate of drug-likeness (QED) is 0.839. The van der Waals surface area contributed by atoms with E-state index in [2.05, 4.69) is 19.2 Å². The molecule has 2 saturated heterocycles. The molecular weight excluding hydrogens is 262 g/mol. The van der Waals surface area contributed by atoms with Crippen LogP contribution in [-0.4, -0.2) is 37.5 Å². The van der Waals surface area contributed by atoms with Crippen LogP contribution < -0.4 is 5.32 Å². The van der Waals surface area contributed by atoms with Crippen LogP contribution >= 0.6 is 0 Å². The Bertz CT molecular complexity index is 330. The van der Waals surface area contributed by atoms with Gasteiger partial charge in [-0.1, -0.05) is 26.7 Å². The average molecular weight is 295 g/mol. The molecule has 0 aromatic carbocycles. The van der Waals surface area contributed by atoms with Gasteiger partial charge in [-0.3, -0.25) is 0 Å². The summed E-state index contributed by atoms with van der Waals surface area (Å²) < 4.78 is 12.2. The Kier molecular flexibility index (Phi) is 4.92. The van der Waals surface area contributed by atoms with Gasteiger partial charge in [0, 0.05) is 25.8 Å². The van der Waals surface area contributed by atoms with Gasteiger partial charge in [0.15, 0.2) is 0 Å². The summed E-state index contributed by atoms with van der Waals surface area (Å²) >= 11 is 0. The maximum atomic E-state index is 6.58. The van der Waals surface area contributed by atoms with Gasteiger partial charge in [-0.25, -0.2) is 0 Å². The Morgan fingerprint density at radius 1 is 1.05 bits per heavy atom. The molecule has 2 heterocycles. The van der Waals surface area contributed by atoms with Crippen LogP contribution in [0.2, 0.25) is 0 Å². The lowest BCUT2D eigenvalue weighted by Crippen LogP contribution is -2.43. The van der Waals surface area contributed by atoms with E-state index in [0.717, 1.165) is 19.8 Å². The predicted octanol–water partition coefficient (Wildman–Crippen LogP) is 3.66. The molecule has 3 heteroatoms. The topological polar surface area (TPSA) is 30.5 Å². The normalized spacial score (nSPS) is 31.3. The smallest absolute Gasteiger partial charge is 0.0687 e. The van der Waals surface area contributed by atoms with E-state index in [1.165, 1.54) is 57.8 Å². The average Bonchev–Trinajstić information content (AvgIpc) is 3.09. The summed E-state index contributed by atoms with van der Waals surface area (Å²) in [4.78, 5) is 0. The number of hydrogen-bond acceptors (Lipinski definition) is 3. The van der Waals surface area contributed by atoms with E-state index < -0.39 is 0 Å². The molecule has 0 amide bonds. The van der Waals surface area contributed by atoms with E-state index >= 15 is 0 Å². The fourth-order valence-electron chi connectivity index (χ4n) is 4.59. The molecule has 1 aliphatic carbocycles. The van der Waals surface area contributed by atoms with E-state index in [1.807, 2.05) is 0 Å². The minimum atomic E-state index is 0.280.